The van der Waals surface area contributed by atoms with Crippen molar-refractivity contribution in [1.82, 2.24) is 0 Å². The average Bonchev–Trinajstić information content (AvgIpc) is 2.81. The van der Waals surface area contributed by atoms with Crippen LogP contribution < -0.4 is 26.8 Å². The van der Waals surface area contributed by atoms with Crippen LogP contribution in [0.5, 0.6) is 11.5 Å². The van der Waals surface area contributed by atoms with Gasteiger partial charge in [-0.15, -0.1) is 0 Å². The minimum absolute atomic E-state index is 0. The second kappa shape index (κ2) is 12.7. The smallest absolute Gasteiger partial charge is 0.185 e. The van der Waals surface area contributed by atoms with Crippen LogP contribution in [0.25, 0.3) is 17.2 Å². The summed E-state index contributed by atoms with van der Waals surface area (Å²) in [6.07, 6.45) is 4.43. The molecule has 0 saturated carbocycles. The third-order valence-electron chi connectivity index (χ3n) is 4.97. The van der Waals surface area contributed by atoms with Crippen molar-refractivity contribution >= 4 is 11.9 Å². The summed E-state index contributed by atoms with van der Waals surface area (Å²) in [5, 5.41) is 0. The summed E-state index contributed by atoms with van der Waals surface area (Å²) in [6.45, 7) is 1.82. The molecule has 168 valence electrons. The van der Waals surface area contributed by atoms with E-state index in [4.69, 9.17) is 9.47 Å². The summed E-state index contributed by atoms with van der Waals surface area (Å²) in [4.78, 5) is 13.9. The first-order chi connectivity index (χ1) is 15.0. The predicted molar refractivity (Wildman–Crippen MR) is 126 cm³/mol. The van der Waals surface area contributed by atoms with E-state index >= 15 is 0 Å². The van der Waals surface area contributed by atoms with E-state index < -0.39 is 0 Å². The molecule has 0 spiro atoms. The number of nitrogens with one attached hydrogen (secondary N) is 1. The van der Waals surface area contributed by atoms with Crippen molar-refractivity contribution in [2.24, 2.45) is 0 Å². The predicted octanol–water partition coefficient (Wildman–Crippen LogP) is 1.18. The fraction of sp³-hybridized carbons (Fsp3) is 0.222. The molecule has 32 heavy (non-hydrogen) atoms. The van der Waals surface area contributed by atoms with Gasteiger partial charge in [0.25, 0.3) is 0 Å². The number of carbonyl (C=O) groups excluding carboxylic acids is 1. The van der Waals surface area contributed by atoms with Crippen molar-refractivity contribution in [3.8, 4) is 22.6 Å². The second-order valence-electron chi connectivity index (χ2n) is 7.74. The standard InChI is InChI=1S/C27H29NO3.ClH/c1-28(2)18-5-19-31-25-15-13-23(14-16-25)22-9-11-24(12-10-22)27(29)17-8-21-6-4-7-26(20-21)30-3;/h4,6-17,20H,5,18-19H2,1-3H3;1H/b17-8+;. The SMILES string of the molecule is COc1cccc(/C=C/C(=O)c2ccc(-c3ccc(OCCC[NH+](C)C)cc3)cc2)c1.[Cl-]. The Balaban J connectivity index is 0.00000363. The first kappa shape index (κ1) is 25.2. The fourth-order valence-corrected chi connectivity index (χ4v) is 3.20. The van der Waals surface area contributed by atoms with Crippen LogP contribution in [-0.2, 0) is 0 Å². The van der Waals surface area contributed by atoms with Crippen molar-refractivity contribution in [2.75, 3.05) is 34.4 Å². The van der Waals surface area contributed by atoms with Gasteiger partial charge in [-0.3, -0.25) is 4.79 Å². The summed E-state index contributed by atoms with van der Waals surface area (Å²) in [6, 6.07) is 23.4. The van der Waals surface area contributed by atoms with Gasteiger partial charge in [-0.1, -0.05) is 54.6 Å². The van der Waals surface area contributed by atoms with Crippen LogP contribution in [0.2, 0.25) is 0 Å². The van der Waals surface area contributed by atoms with Gasteiger partial charge < -0.3 is 26.8 Å². The number of ether oxygens (including phenoxy) is 2. The van der Waals surface area contributed by atoms with E-state index in [-0.39, 0.29) is 18.2 Å². The first-order valence-electron chi connectivity index (χ1n) is 10.5. The van der Waals surface area contributed by atoms with Crippen molar-refractivity contribution in [3.63, 3.8) is 0 Å². The highest BCUT2D eigenvalue weighted by atomic mass is 35.5. The van der Waals surface area contributed by atoms with Crippen LogP contribution in [0, 0.1) is 0 Å². The maximum Gasteiger partial charge on any atom is 0.185 e. The van der Waals surface area contributed by atoms with E-state index in [1.807, 2.05) is 72.8 Å². The highest BCUT2D eigenvalue weighted by molar-refractivity contribution is 6.07. The van der Waals surface area contributed by atoms with Crippen molar-refractivity contribution in [2.45, 2.75) is 6.42 Å². The maximum absolute atomic E-state index is 12.5. The average molecular weight is 452 g/mol. The molecular weight excluding hydrogens is 422 g/mol. The van der Waals surface area contributed by atoms with Gasteiger partial charge in [-0.05, 0) is 47.0 Å². The van der Waals surface area contributed by atoms with E-state index in [0.29, 0.717) is 5.56 Å². The number of allylic oxidation sites excluding steroid dienone is 1. The zero-order valence-electron chi connectivity index (χ0n) is 18.8. The van der Waals surface area contributed by atoms with Gasteiger partial charge in [0, 0.05) is 12.0 Å². The molecule has 0 aliphatic carbocycles. The summed E-state index contributed by atoms with van der Waals surface area (Å²) in [5.41, 5.74) is 3.74. The van der Waals surface area contributed by atoms with Crippen molar-refractivity contribution < 1.29 is 31.6 Å². The highest BCUT2D eigenvalue weighted by Crippen LogP contribution is 2.23. The molecule has 0 amide bonds. The van der Waals surface area contributed by atoms with E-state index in [9.17, 15) is 4.79 Å². The Morgan fingerprint density at radius 1 is 0.906 bits per heavy atom. The molecule has 0 heterocycles. The van der Waals surface area contributed by atoms with Gasteiger partial charge in [0.05, 0.1) is 34.4 Å². The van der Waals surface area contributed by atoms with E-state index in [1.165, 1.54) is 4.90 Å². The van der Waals surface area contributed by atoms with Crippen LogP contribution >= 0.6 is 0 Å². The molecule has 3 aromatic carbocycles. The number of rotatable bonds is 10. The Hall–Kier alpha value is -3.08. The normalized spacial score (nSPS) is 10.8. The topological polar surface area (TPSA) is 40.0 Å². The molecule has 0 aromatic heterocycles. The second-order valence-corrected chi connectivity index (χ2v) is 7.74. The number of methoxy groups -OCH3 is 1. The van der Waals surface area contributed by atoms with Gasteiger partial charge in [-0.25, -0.2) is 0 Å². The Kier molecular flexibility index (Phi) is 9.99. The van der Waals surface area contributed by atoms with Crippen LogP contribution in [-0.4, -0.2) is 40.1 Å². The molecule has 0 radical (unpaired) electrons. The summed E-state index contributed by atoms with van der Waals surface area (Å²) >= 11 is 0. The van der Waals surface area contributed by atoms with Crippen molar-refractivity contribution in [1.29, 1.82) is 0 Å². The number of quaternary nitrogens is 1. The van der Waals surface area contributed by atoms with Crippen LogP contribution in [0.15, 0.2) is 78.9 Å². The van der Waals surface area contributed by atoms with Crippen LogP contribution in [0.3, 0.4) is 0 Å². The molecule has 4 nitrogen and oxygen atoms in total. The molecule has 1 N–H and O–H groups in total. The van der Waals surface area contributed by atoms with E-state index in [0.717, 1.165) is 47.8 Å². The van der Waals surface area contributed by atoms with Gasteiger partial charge in [0.1, 0.15) is 11.5 Å². The molecule has 3 aromatic rings. The minimum Gasteiger partial charge on any atom is -1.00 e. The number of halogens is 1. The zero-order chi connectivity index (χ0) is 22.1. The molecule has 0 bridgehead atoms. The molecule has 0 aliphatic heterocycles. The number of benzene rings is 3. The van der Waals surface area contributed by atoms with Crippen molar-refractivity contribution in [3.05, 3.63) is 90.0 Å². The fourth-order valence-electron chi connectivity index (χ4n) is 3.20. The molecule has 5 heteroatoms. The number of hydrogen-bond acceptors (Lipinski definition) is 3. The van der Waals surface area contributed by atoms with Gasteiger partial charge >= 0.3 is 0 Å². The molecule has 0 aliphatic rings. The molecule has 3 rings (SSSR count). The maximum atomic E-state index is 12.5. The van der Waals surface area contributed by atoms with Crippen LogP contribution in [0.1, 0.15) is 22.3 Å². The van der Waals surface area contributed by atoms with Crippen LogP contribution in [0.4, 0.5) is 0 Å². The van der Waals surface area contributed by atoms with Gasteiger partial charge in [0.15, 0.2) is 5.78 Å². The van der Waals surface area contributed by atoms with E-state index in [1.54, 1.807) is 19.3 Å². The lowest BCUT2D eigenvalue weighted by Crippen LogP contribution is -3.05. The lowest BCUT2D eigenvalue weighted by Gasteiger charge is -2.09. The Labute approximate surface area is 196 Å². The largest absolute Gasteiger partial charge is 1.00 e. The Bertz CT molecular complexity index is 1010. The zero-order valence-corrected chi connectivity index (χ0v) is 19.6. The van der Waals surface area contributed by atoms with Gasteiger partial charge in [0.2, 0.25) is 0 Å². The third kappa shape index (κ3) is 7.56. The Morgan fingerprint density at radius 2 is 1.56 bits per heavy atom. The Morgan fingerprint density at radius 3 is 2.19 bits per heavy atom. The lowest BCUT2D eigenvalue weighted by atomic mass is 10.0. The monoisotopic (exact) mass is 451 g/mol. The van der Waals surface area contributed by atoms with Gasteiger partial charge in [-0.2, -0.15) is 0 Å². The number of hydrogen-bond donors (Lipinski definition) is 1. The summed E-state index contributed by atoms with van der Waals surface area (Å²) in [7, 11) is 5.92. The molecule has 0 fully saturated rings. The summed E-state index contributed by atoms with van der Waals surface area (Å²) in [5.74, 6) is 1.62. The summed E-state index contributed by atoms with van der Waals surface area (Å²) < 4.78 is 11.0. The number of carbonyl (C=O) groups is 1. The first-order valence-corrected chi connectivity index (χ1v) is 10.5. The third-order valence-corrected chi connectivity index (χ3v) is 4.97. The number of ketones is 1. The highest BCUT2D eigenvalue weighted by Gasteiger charge is 2.04. The molecule has 0 unspecified atom stereocenters. The minimum atomic E-state index is -0.0299. The quantitative estimate of drug-likeness (QED) is 0.286. The lowest BCUT2D eigenvalue weighted by molar-refractivity contribution is -0.858. The molecule has 0 saturated heterocycles. The molecular formula is C27H30ClNO3. The van der Waals surface area contributed by atoms with E-state index in [2.05, 4.69) is 14.1 Å². The molecule has 0 atom stereocenters.